The monoisotopic (exact) mass is 237 g/mol. The molecule has 0 saturated carbocycles. The van der Waals surface area contributed by atoms with Crippen LogP contribution >= 0.6 is 0 Å². The van der Waals surface area contributed by atoms with Gasteiger partial charge in [0.15, 0.2) is 5.58 Å². The van der Waals surface area contributed by atoms with Crippen LogP contribution < -0.4 is 5.76 Å². The maximum absolute atomic E-state index is 11.5. The molecule has 2 rings (SSSR count). The average Bonchev–Trinajstić information content (AvgIpc) is 2.66. The number of hydrogen-bond acceptors (Lipinski definition) is 5. The van der Waals surface area contributed by atoms with Gasteiger partial charge in [-0.2, -0.15) is 0 Å². The molecule has 0 fully saturated rings. The van der Waals surface area contributed by atoms with Crippen molar-refractivity contribution >= 4 is 17.3 Å². The molecule has 0 radical (unpaired) electrons. The summed E-state index contributed by atoms with van der Waals surface area (Å²) < 4.78 is 15.4. The minimum Gasteiger partial charge on any atom is -0.438 e. The summed E-state index contributed by atoms with van der Waals surface area (Å²) in [4.78, 5) is 22.2. The predicted molar refractivity (Wildman–Crippen MR) is 58.8 cm³/mol. The summed E-state index contributed by atoms with van der Waals surface area (Å²) in [6, 6.07) is 7.04. The fourth-order valence-corrected chi connectivity index (χ4v) is 1.50. The lowest BCUT2D eigenvalue weighted by atomic mass is 10.3. The van der Waals surface area contributed by atoms with Gasteiger partial charge in [-0.25, -0.2) is 9.59 Å². The first-order valence-corrected chi connectivity index (χ1v) is 5.01. The van der Waals surface area contributed by atoms with Gasteiger partial charge in [-0.15, -0.1) is 0 Å². The van der Waals surface area contributed by atoms with Gasteiger partial charge in [0.25, 0.3) is 0 Å². The number of hydrogen-bond donors (Lipinski definition) is 0. The van der Waals surface area contributed by atoms with Crippen LogP contribution in [-0.2, 0) is 16.0 Å². The zero-order valence-corrected chi connectivity index (χ0v) is 9.21. The molecule has 1 aromatic carbocycles. The van der Waals surface area contributed by atoms with Crippen LogP contribution in [-0.4, -0.2) is 24.4 Å². The molecule has 2 aromatic rings. The van der Waals surface area contributed by atoms with E-state index in [0.717, 1.165) is 0 Å². The van der Waals surface area contributed by atoms with Crippen molar-refractivity contribution < 1.29 is 18.7 Å². The topological polar surface area (TPSA) is 70.7 Å². The van der Waals surface area contributed by atoms with Gasteiger partial charge in [-0.1, -0.05) is 12.1 Å². The predicted octanol–water partition coefficient (Wildman–Crippen LogP) is 1.38. The second-order valence-corrected chi connectivity index (χ2v) is 3.29. The summed E-state index contributed by atoms with van der Waals surface area (Å²) in [6.07, 6.45) is -0.772. The summed E-state index contributed by atoms with van der Waals surface area (Å²) in [5.41, 5.74) is 1.18. The molecule has 0 spiro atoms. The van der Waals surface area contributed by atoms with Gasteiger partial charge in [0, 0.05) is 0 Å². The SMILES string of the molecule is COC(=O)OCCn1c(=O)oc2ccccc21. The molecule has 0 bridgehead atoms. The van der Waals surface area contributed by atoms with Crippen molar-refractivity contribution in [3.05, 3.63) is 34.8 Å². The second kappa shape index (κ2) is 4.73. The number of rotatable bonds is 3. The quantitative estimate of drug-likeness (QED) is 0.754. The molecule has 6 heteroatoms. The van der Waals surface area contributed by atoms with E-state index in [1.807, 2.05) is 0 Å². The third-order valence-electron chi connectivity index (χ3n) is 2.28. The van der Waals surface area contributed by atoms with Crippen molar-refractivity contribution in [3.63, 3.8) is 0 Å². The molecule has 90 valence electrons. The van der Waals surface area contributed by atoms with Crippen molar-refractivity contribution in [2.45, 2.75) is 6.54 Å². The van der Waals surface area contributed by atoms with Crippen molar-refractivity contribution in [1.82, 2.24) is 4.57 Å². The Morgan fingerprint density at radius 3 is 2.94 bits per heavy atom. The number of aromatic nitrogens is 1. The lowest BCUT2D eigenvalue weighted by Crippen LogP contribution is -2.19. The van der Waals surface area contributed by atoms with Gasteiger partial charge in [0.1, 0.15) is 6.61 Å². The average molecular weight is 237 g/mol. The smallest absolute Gasteiger partial charge is 0.438 e. The molecule has 17 heavy (non-hydrogen) atoms. The molecule has 1 heterocycles. The minimum atomic E-state index is -0.772. The standard InChI is InChI=1S/C11H11NO5/c1-15-11(14)16-7-6-12-8-4-2-3-5-9(8)17-10(12)13/h2-5H,6-7H2,1H3. The van der Waals surface area contributed by atoms with Crippen LogP contribution in [0.25, 0.3) is 11.1 Å². The first-order valence-electron chi connectivity index (χ1n) is 5.01. The van der Waals surface area contributed by atoms with E-state index in [-0.39, 0.29) is 13.2 Å². The molecule has 0 atom stereocenters. The Labute approximate surface area is 96.3 Å². The van der Waals surface area contributed by atoms with E-state index in [1.165, 1.54) is 11.7 Å². The summed E-state index contributed by atoms with van der Waals surface area (Å²) in [5.74, 6) is -0.473. The molecular formula is C11H11NO5. The normalized spacial score (nSPS) is 10.4. The van der Waals surface area contributed by atoms with E-state index in [1.54, 1.807) is 24.3 Å². The fourth-order valence-electron chi connectivity index (χ4n) is 1.50. The lowest BCUT2D eigenvalue weighted by molar-refractivity contribution is 0.0698. The van der Waals surface area contributed by atoms with Gasteiger partial charge >= 0.3 is 11.9 Å². The van der Waals surface area contributed by atoms with Gasteiger partial charge in [-0.3, -0.25) is 4.57 Å². The molecule has 0 aliphatic carbocycles. The van der Waals surface area contributed by atoms with Crippen LogP contribution in [0.4, 0.5) is 4.79 Å². The summed E-state index contributed by atoms with van der Waals surface area (Å²) in [7, 11) is 1.22. The number of ether oxygens (including phenoxy) is 2. The largest absolute Gasteiger partial charge is 0.508 e. The van der Waals surface area contributed by atoms with Gasteiger partial charge in [0.2, 0.25) is 0 Å². The van der Waals surface area contributed by atoms with Crippen LogP contribution in [0.3, 0.4) is 0 Å². The van der Waals surface area contributed by atoms with Crippen molar-refractivity contribution in [3.8, 4) is 0 Å². The van der Waals surface area contributed by atoms with E-state index < -0.39 is 11.9 Å². The molecule has 6 nitrogen and oxygen atoms in total. The van der Waals surface area contributed by atoms with Crippen molar-refractivity contribution in [2.75, 3.05) is 13.7 Å². The van der Waals surface area contributed by atoms with Crippen LogP contribution in [0, 0.1) is 0 Å². The van der Waals surface area contributed by atoms with Gasteiger partial charge < -0.3 is 13.9 Å². The van der Waals surface area contributed by atoms with Crippen LogP contribution in [0.15, 0.2) is 33.5 Å². The molecule has 0 unspecified atom stereocenters. The highest BCUT2D eigenvalue weighted by atomic mass is 16.7. The molecule has 0 aliphatic rings. The third kappa shape index (κ3) is 2.30. The van der Waals surface area contributed by atoms with E-state index >= 15 is 0 Å². The van der Waals surface area contributed by atoms with Gasteiger partial charge in [-0.05, 0) is 12.1 Å². The maximum atomic E-state index is 11.5. The van der Waals surface area contributed by atoms with Crippen molar-refractivity contribution in [2.24, 2.45) is 0 Å². The highest BCUT2D eigenvalue weighted by molar-refractivity contribution is 5.72. The summed E-state index contributed by atoms with van der Waals surface area (Å²) in [5, 5.41) is 0. The Kier molecular flexibility index (Phi) is 3.13. The molecule has 1 aromatic heterocycles. The first kappa shape index (κ1) is 11.3. The Morgan fingerprint density at radius 2 is 2.18 bits per heavy atom. The molecule has 0 aliphatic heterocycles. The third-order valence-corrected chi connectivity index (χ3v) is 2.28. The van der Waals surface area contributed by atoms with E-state index in [0.29, 0.717) is 11.1 Å². The van der Waals surface area contributed by atoms with Crippen LogP contribution in [0.1, 0.15) is 0 Å². The first-order chi connectivity index (χ1) is 8.22. The van der Waals surface area contributed by atoms with Crippen LogP contribution in [0.2, 0.25) is 0 Å². The fraction of sp³-hybridized carbons (Fsp3) is 0.273. The van der Waals surface area contributed by atoms with Gasteiger partial charge in [0.05, 0.1) is 19.2 Å². The summed E-state index contributed by atoms with van der Waals surface area (Å²) >= 11 is 0. The Balaban J connectivity index is 2.15. The zero-order chi connectivity index (χ0) is 12.3. The molecule has 0 N–H and O–H groups in total. The Morgan fingerprint density at radius 1 is 1.41 bits per heavy atom. The van der Waals surface area contributed by atoms with E-state index in [4.69, 9.17) is 9.15 Å². The Bertz CT molecular complexity index is 583. The second-order valence-electron chi connectivity index (χ2n) is 3.29. The number of carbonyl (C=O) groups excluding carboxylic acids is 1. The Hall–Kier alpha value is -2.24. The maximum Gasteiger partial charge on any atom is 0.508 e. The minimum absolute atomic E-state index is 0.0517. The lowest BCUT2D eigenvalue weighted by Gasteiger charge is -2.03. The summed E-state index contributed by atoms with van der Waals surface area (Å²) in [6.45, 7) is 0.279. The molecule has 0 saturated heterocycles. The van der Waals surface area contributed by atoms with E-state index in [2.05, 4.69) is 4.74 Å². The number of oxazole rings is 1. The number of para-hydroxylation sites is 2. The number of carbonyl (C=O) groups is 1. The number of nitrogens with zero attached hydrogens (tertiary/aromatic N) is 1. The van der Waals surface area contributed by atoms with Crippen molar-refractivity contribution in [1.29, 1.82) is 0 Å². The van der Waals surface area contributed by atoms with E-state index in [9.17, 15) is 9.59 Å². The highest BCUT2D eigenvalue weighted by Gasteiger charge is 2.08. The zero-order valence-electron chi connectivity index (χ0n) is 9.21. The number of benzene rings is 1. The molecular weight excluding hydrogens is 226 g/mol. The number of methoxy groups -OCH3 is 1. The number of fused-ring (bicyclic) bond motifs is 1. The molecule has 0 amide bonds. The van der Waals surface area contributed by atoms with Crippen LogP contribution in [0.5, 0.6) is 0 Å². The highest BCUT2D eigenvalue weighted by Crippen LogP contribution is 2.11.